The zero-order valence-corrected chi connectivity index (χ0v) is 20.8. The summed E-state index contributed by atoms with van der Waals surface area (Å²) in [6.07, 6.45) is 3.14. The van der Waals surface area contributed by atoms with Gasteiger partial charge in [-0.05, 0) is 61.7 Å². The normalized spacial score (nSPS) is 16.9. The maximum atomic E-state index is 13.0. The fourth-order valence-corrected chi connectivity index (χ4v) is 4.87. The lowest BCUT2D eigenvalue weighted by atomic mass is 10.1. The number of aryl methyl sites for hydroxylation is 1. The summed E-state index contributed by atoms with van der Waals surface area (Å²) < 4.78 is 17.1. The van der Waals surface area contributed by atoms with Crippen LogP contribution in [0.1, 0.15) is 29.5 Å². The topological polar surface area (TPSA) is 75.8 Å². The molecule has 0 aliphatic carbocycles. The minimum absolute atomic E-state index is 0.128. The molecule has 7 nitrogen and oxygen atoms in total. The Bertz CT molecular complexity index is 1270. The monoisotopic (exact) mass is 493 g/mol. The Kier molecular flexibility index (Phi) is 7.20. The minimum atomic E-state index is -0.128. The molecule has 1 aromatic heterocycles. The molecule has 8 heteroatoms. The molecule has 0 radical (unpaired) electrons. The van der Waals surface area contributed by atoms with Gasteiger partial charge in [-0.3, -0.25) is 4.79 Å². The van der Waals surface area contributed by atoms with Gasteiger partial charge >= 0.3 is 0 Å². The summed E-state index contributed by atoms with van der Waals surface area (Å²) in [5.41, 5.74) is 3.78. The van der Waals surface area contributed by atoms with Crippen LogP contribution >= 0.6 is 12.2 Å². The Morgan fingerprint density at radius 2 is 1.91 bits per heavy atom. The van der Waals surface area contributed by atoms with E-state index in [9.17, 15) is 4.79 Å². The van der Waals surface area contributed by atoms with E-state index in [1.807, 2.05) is 24.3 Å². The summed E-state index contributed by atoms with van der Waals surface area (Å²) in [4.78, 5) is 18.1. The minimum Gasteiger partial charge on any atom is -0.486 e. The van der Waals surface area contributed by atoms with E-state index in [1.54, 1.807) is 0 Å². The fourth-order valence-electron chi connectivity index (χ4n) is 4.63. The van der Waals surface area contributed by atoms with E-state index in [0.29, 0.717) is 55.0 Å². The van der Waals surface area contributed by atoms with Crippen LogP contribution in [0.5, 0.6) is 11.5 Å². The fraction of sp³-hybridized carbons (Fsp3) is 0.407. The molecule has 1 saturated heterocycles. The van der Waals surface area contributed by atoms with Crippen LogP contribution in [-0.4, -0.2) is 54.0 Å². The van der Waals surface area contributed by atoms with Gasteiger partial charge in [0.05, 0.1) is 18.2 Å². The van der Waals surface area contributed by atoms with E-state index >= 15 is 0 Å². The summed E-state index contributed by atoms with van der Waals surface area (Å²) >= 11 is 5.79. The van der Waals surface area contributed by atoms with E-state index in [1.165, 1.54) is 11.1 Å². The van der Waals surface area contributed by atoms with Crippen molar-refractivity contribution in [2.75, 3.05) is 32.9 Å². The molecule has 3 aromatic rings. The van der Waals surface area contributed by atoms with Gasteiger partial charge in [-0.15, -0.1) is 0 Å². The highest BCUT2D eigenvalue weighted by atomic mass is 32.1. The number of fused-ring (bicyclic) bond motifs is 2. The first-order valence-electron chi connectivity index (χ1n) is 12.2. The van der Waals surface area contributed by atoms with Crippen molar-refractivity contribution >= 4 is 28.2 Å². The Balaban J connectivity index is 1.37. The average Bonchev–Trinajstić information content (AvgIpc) is 3.39. The molecule has 2 aliphatic rings. The standard InChI is InChI=1S/C27H31N3O4S/c1-18-5-2-3-6-19(18)8-9-30(27(35)28-16-22-7-4-10-32-22)17-21-13-20-14-24-25(34-12-11-33-24)15-23(20)29-26(21)31/h2-3,5-6,13-15,22H,4,7-12,16-17H2,1H3,(H,28,35)(H,29,31)/t22-/m1/s1. The number of pyridine rings is 1. The molecule has 0 unspecified atom stereocenters. The molecule has 0 amide bonds. The largest absolute Gasteiger partial charge is 0.486 e. The molecule has 0 spiro atoms. The Hall–Kier alpha value is -3.10. The van der Waals surface area contributed by atoms with Crippen LogP contribution in [-0.2, 0) is 17.7 Å². The number of ether oxygens (including phenoxy) is 3. The summed E-state index contributed by atoms with van der Waals surface area (Å²) in [5.74, 6) is 1.36. The molecule has 1 fully saturated rings. The van der Waals surface area contributed by atoms with Gasteiger partial charge in [0.25, 0.3) is 5.56 Å². The molecule has 2 N–H and O–H groups in total. The van der Waals surface area contributed by atoms with Crippen molar-refractivity contribution < 1.29 is 14.2 Å². The van der Waals surface area contributed by atoms with Crippen LogP contribution in [0.2, 0.25) is 0 Å². The first kappa shape index (κ1) is 23.6. The number of nitrogens with zero attached hydrogens (tertiary/aromatic N) is 1. The molecule has 0 saturated carbocycles. The zero-order valence-electron chi connectivity index (χ0n) is 20.0. The summed E-state index contributed by atoms with van der Waals surface area (Å²) in [7, 11) is 0. The Labute approximate surface area is 210 Å². The first-order chi connectivity index (χ1) is 17.1. The number of H-pyrrole nitrogens is 1. The van der Waals surface area contributed by atoms with Gasteiger partial charge in [0, 0.05) is 36.7 Å². The van der Waals surface area contributed by atoms with Crippen molar-refractivity contribution in [3.05, 3.63) is 69.5 Å². The smallest absolute Gasteiger partial charge is 0.253 e. The Morgan fingerprint density at radius 3 is 2.69 bits per heavy atom. The third-order valence-corrected chi connectivity index (χ3v) is 7.05. The summed E-state index contributed by atoms with van der Waals surface area (Å²) in [5, 5.41) is 4.92. The van der Waals surface area contributed by atoms with Crippen molar-refractivity contribution in [3.63, 3.8) is 0 Å². The average molecular weight is 494 g/mol. The second-order valence-corrected chi connectivity index (χ2v) is 9.51. The van der Waals surface area contributed by atoms with Gasteiger partial charge in [0.1, 0.15) is 13.2 Å². The molecule has 184 valence electrons. The van der Waals surface area contributed by atoms with Crippen molar-refractivity contribution in [1.29, 1.82) is 0 Å². The van der Waals surface area contributed by atoms with Gasteiger partial charge < -0.3 is 29.4 Å². The molecule has 0 bridgehead atoms. The van der Waals surface area contributed by atoms with Crippen LogP contribution in [0, 0.1) is 6.92 Å². The van der Waals surface area contributed by atoms with Crippen LogP contribution in [0.15, 0.2) is 47.3 Å². The number of benzene rings is 2. The zero-order chi connectivity index (χ0) is 24.2. The molecule has 5 rings (SSSR count). The number of hydrogen-bond acceptors (Lipinski definition) is 5. The summed E-state index contributed by atoms with van der Waals surface area (Å²) in [6.45, 7) is 5.73. The predicted molar refractivity (Wildman–Crippen MR) is 140 cm³/mol. The van der Waals surface area contributed by atoms with Crippen molar-refractivity contribution in [1.82, 2.24) is 15.2 Å². The number of aromatic nitrogens is 1. The lowest BCUT2D eigenvalue weighted by Gasteiger charge is -2.27. The van der Waals surface area contributed by atoms with Gasteiger partial charge in [0.2, 0.25) is 0 Å². The number of rotatable bonds is 7. The third-order valence-electron chi connectivity index (χ3n) is 6.65. The first-order valence-corrected chi connectivity index (χ1v) is 12.6. The van der Waals surface area contributed by atoms with E-state index in [-0.39, 0.29) is 11.7 Å². The molecular formula is C27H31N3O4S. The molecule has 2 aliphatic heterocycles. The predicted octanol–water partition coefficient (Wildman–Crippen LogP) is 3.71. The highest BCUT2D eigenvalue weighted by Gasteiger charge is 2.19. The van der Waals surface area contributed by atoms with Gasteiger partial charge in [-0.1, -0.05) is 24.3 Å². The van der Waals surface area contributed by atoms with Crippen LogP contribution in [0.25, 0.3) is 10.9 Å². The third kappa shape index (κ3) is 5.60. The van der Waals surface area contributed by atoms with Crippen LogP contribution < -0.4 is 20.3 Å². The van der Waals surface area contributed by atoms with Gasteiger partial charge in [-0.2, -0.15) is 0 Å². The molecule has 2 aromatic carbocycles. The second kappa shape index (κ2) is 10.7. The van der Waals surface area contributed by atoms with E-state index in [4.69, 9.17) is 26.4 Å². The highest BCUT2D eigenvalue weighted by molar-refractivity contribution is 7.80. The number of thiocarbonyl (C=S) groups is 1. The van der Waals surface area contributed by atoms with E-state index in [2.05, 4.69) is 40.3 Å². The van der Waals surface area contributed by atoms with Gasteiger partial charge in [-0.25, -0.2) is 0 Å². The Morgan fingerprint density at radius 1 is 1.11 bits per heavy atom. The van der Waals surface area contributed by atoms with E-state index < -0.39 is 0 Å². The molecule has 1 atom stereocenters. The van der Waals surface area contributed by atoms with Crippen molar-refractivity contribution in [2.45, 2.75) is 38.8 Å². The SMILES string of the molecule is Cc1ccccc1CCN(Cc1cc2cc3c(cc2[nH]c1=O)OCCO3)C(=S)NC[C@H]1CCCO1. The number of nitrogens with one attached hydrogen (secondary N) is 2. The van der Waals surface area contributed by atoms with E-state index in [0.717, 1.165) is 36.8 Å². The highest BCUT2D eigenvalue weighted by Crippen LogP contribution is 2.33. The van der Waals surface area contributed by atoms with Crippen molar-refractivity contribution in [3.8, 4) is 11.5 Å². The second-order valence-electron chi connectivity index (χ2n) is 9.13. The lowest BCUT2D eigenvalue weighted by molar-refractivity contribution is 0.113. The summed E-state index contributed by atoms with van der Waals surface area (Å²) in [6, 6.07) is 14.1. The van der Waals surface area contributed by atoms with Gasteiger partial charge in [0.15, 0.2) is 16.6 Å². The maximum absolute atomic E-state index is 13.0. The van der Waals surface area contributed by atoms with Crippen molar-refractivity contribution in [2.24, 2.45) is 0 Å². The van der Waals surface area contributed by atoms with Crippen LogP contribution in [0.3, 0.4) is 0 Å². The number of aromatic amines is 1. The molecule has 3 heterocycles. The number of hydrogen-bond donors (Lipinski definition) is 2. The quantitative estimate of drug-likeness (QED) is 0.486. The van der Waals surface area contributed by atoms with Crippen LogP contribution in [0.4, 0.5) is 0 Å². The molecule has 35 heavy (non-hydrogen) atoms. The molecular weight excluding hydrogens is 462 g/mol. The lowest BCUT2D eigenvalue weighted by Crippen LogP contribution is -2.44. The maximum Gasteiger partial charge on any atom is 0.253 e.